The van der Waals surface area contributed by atoms with Crippen molar-refractivity contribution < 1.29 is 31.8 Å². The fourth-order valence-corrected chi connectivity index (χ4v) is 2.93. The van der Waals surface area contributed by atoms with Crippen LogP contribution >= 0.6 is 0 Å². The maximum absolute atomic E-state index is 8.96. The van der Waals surface area contributed by atoms with Crippen LogP contribution in [0, 0.1) is 0 Å². The van der Waals surface area contributed by atoms with Crippen LogP contribution in [0.25, 0.3) is 44.2 Å². The number of benzene rings is 5. The first kappa shape index (κ1) is 7.11. The van der Waals surface area contributed by atoms with Gasteiger partial charge >= 0.3 is 0 Å². The Hall–Kier alpha value is -4.30. The van der Waals surface area contributed by atoms with E-state index in [-0.39, 0.29) is 10.8 Å². The third-order valence-electron chi connectivity index (χ3n) is 4.39. The summed E-state index contributed by atoms with van der Waals surface area (Å²) < 4.78 is 174. The number of furan rings is 1. The average molecular weight is 432 g/mol. The van der Waals surface area contributed by atoms with E-state index in [0.29, 0.717) is 0 Å². The van der Waals surface area contributed by atoms with Gasteiger partial charge in [0.05, 0.1) is 27.4 Å². The van der Waals surface area contributed by atoms with Crippen molar-refractivity contribution in [1.29, 1.82) is 0 Å². The Morgan fingerprint density at radius 2 is 1.00 bits per heavy atom. The fraction of sp³-hybridized carbons (Fsp3) is 0. The second kappa shape index (κ2) is 7.75. The van der Waals surface area contributed by atoms with E-state index in [1.165, 1.54) is 0 Å². The summed E-state index contributed by atoms with van der Waals surface area (Å²) in [5, 5.41) is 1.81. The molecule has 152 valence electrons. The summed E-state index contributed by atoms with van der Waals surface area (Å²) in [5.41, 5.74) is -4.52. The minimum absolute atomic E-state index is 0.287. The van der Waals surface area contributed by atoms with Crippen molar-refractivity contribution in [3.05, 3.63) is 121 Å². The SMILES string of the molecule is [2H]c1c([2H])c([2H])c(-c2c([2H])c([2H])c(Nc3c([2H])c([2H])c(-c4c([2H])c([2H])c5oc6c([2H])c([2H])c([2H])c([2H])c6c5c4[2H])c([2H])c3[2H])c([2H])c2[2H])c([2H])c1[2H]. The summed E-state index contributed by atoms with van der Waals surface area (Å²) in [5.74, 6) is 0. The maximum atomic E-state index is 8.96. The molecule has 0 aliphatic rings. The highest BCUT2D eigenvalue weighted by Gasteiger charge is 2.08. The Kier molecular flexibility index (Phi) is 1.72. The lowest BCUT2D eigenvalue weighted by Gasteiger charge is -2.09. The summed E-state index contributed by atoms with van der Waals surface area (Å²) >= 11 is 0. The van der Waals surface area contributed by atoms with E-state index in [4.69, 9.17) is 31.8 Å². The molecule has 0 fully saturated rings. The van der Waals surface area contributed by atoms with E-state index in [0.717, 1.165) is 0 Å². The molecule has 5 aromatic carbocycles. The van der Waals surface area contributed by atoms with E-state index in [2.05, 4.69) is 5.32 Å². The van der Waals surface area contributed by atoms with Crippen LogP contribution in [0.4, 0.5) is 11.4 Å². The van der Waals surface area contributed by atoms with Crippen molar-refractivity contribution >= 4 is 33.3 Å². The molecule has 0 aliphatic carbocycles. The van der Waals surface area contributed by atoms with Crippen LogP contribution in [0.2, 0.25) is 0 Å². The number of para-hydroxylation sites is 1. The topological polar surface area (TPSA) is 25.2 Å². The number of rotatable bonds is 4. The minimum atomic E-state index is -0.857. The van der Waals surface area contributed by atoms with Crippen LogP contribution < -0.4 is 5.32 Å². The Balaban J connectivity index is 1.58. The molecule has 0 spiro atoms. The van der Waals surface area contributed by atoms with Crippen LogP contribution in [0.5, 0.6) is 0 Å². The highest BCUT2D eigenvalue weighted by molar-refractivity contribution is 6.06. The van der Waals surface area contributed by atoms with Gasteiger partial charge < -0.3 is 9.73 Å². The zero-order valence-electron chi connectivity index (χ0n) is 35.9. The summed E-state index contributed by atoms with van der Waals surface area (Å²) in [6, 6.07) is -15.3. The van der Waals surface area contributed by atoms with Gasteiger partial charge in [-0.2, -0.15) is 0 Å². The van der Waals surface area contributed by atoms with Gasteiger partial charge in [0.25, 0.3) is 0 Å². The van der Waals surface area contributed by atoms with Gasteiger partial charge in [0.2, 0.25) is 0 Å². The predicted octanol–water partition coefficient (Wildman–Crippen LogP) is 8.66. The van der Waals surface area contributed by atoms with Crippen molar-refractivity contribution in [2.45, 2.75) is 0 Å². The fourth-order valence-electron chi connectivity index (χ4n) is 2.93. The smallest absolute Gasteiger partial charge is 0.135 e. The van der Waals surface area contributed by atoms with Gasteiger partial charge in [-0.1, -0.05) is 78.6 Å². The van der Waals surface area contributed by atoms with Gasteiger partial charge in [0, 0.05) is 22.1 Å². The quantitative estimate of drug-likeness (QED) is 0.302. The third-order valence-corrected chi connectivity index (χ3v) is 4.39. The summed E-state index contributed by atoms with van der Waals surface area (Å²) in [6.45, 7) is 0. The van der Waals surface area contributed by atoms with E-state index < -0.39 is 166 Å². The molecule has 6 aromatic rings. The molecular weight excluding hydrogens is 390 g/mol. The van der Waals surface area contributed by atoms with Crippen LogP contribution in [0.3, 0.4) is 0 Å². The molecule has 0 saturated carbocycles. The summed E-state index contributed by atoms with van der Waals surface area (Å²) in [6.07, 6.45) is 0. The average Bonchev–Trinajstić information content (AvgIpc) is 3.53. The molecule has 0 unspecified atom stereocenters. The first-order valence-corrected chi connectivity index (χ1v) is 9.16. The molecular formula is C30H21NO. The molecule has 6 rings (SSSR count). The Morgan fingerprint density at radius 3 is 1.72 bits per heavy atom. The largest absolute Gasteiger partial charge is 0.456 e. The van der Waals surface area contributed by atoms with Gasteiger partial charge in [0.1, 0.15) is 11.2 Å². The summed E-state index contributed by atoms with van der Waals surface area (Å²) in [4.78, 5) is 0. The second-order valence-electron chi connectivity index (χ2n) is 6.39. The molecule has 1 heterocycles. The number of hydrogen-bond donors (Lipinski definition) is 1. The first-order valence-electron chi connectivity index (χ1n) is 19.2. The normalized spacial score (nSPS) is 19.9. The zero-order valence-corrected chi connectivity index (χ0v) is 15.9. The minimum Gasteiger partial charge on any atom is -0.456 e. The molecule has 2 nitrogen and oxygen atoms in total. The molecule has 1 N–H and O–H groups in total. The van der Waals surface area contributed by atoms with Gasteiger partial charge in [-0.3, -0.25) is 0 Å². The molecule has 0 atom stereocenters. The van der Waals surface area contributed by atoms with Crippen LogP contribution in [0.1, 0.15) is 27.4 Å². The predicted molar refractivity (Wildman–Crippen MR) is 134 cm³/mol. The van der Waals surface area contributed by atoms with Crippen molar-refractivity contribution in [2.75, 3.05) is 5.32 Å². The van der Waals surface area contributed by atoms with E-state index >= 15 is 0 Å². The van der Waals surface area contributed by atoms with E-state index in [1.807, 2.05) is 0 Å². The van der Waals surface area contributed by atoms with E-state index in [9.17, 15) is 0 Å². The van der Waals surface area contributed by atoms with Crippen LogP contribution in [0.15, 0.2) is 125 Å². The Morgan fingerprint density at radius 1 is 0.469 bits per heavy atom. The van der Waals surface area contributed by atoms with Crippen molar-refractivity contribution in [3.63, 3.8) is 0 Å². The van der Waals surface area contributed by atoms with Crippen molar-refractivity contribution in [3.8, 4) is 22.3 Å². The molecule has 32 heavy (non-hydrogen) atoms. The number of anilines is 2. The third kappa shape index (κ3) is 3.42. The number of nitrogens with one attached hydrogen (secondary N) is 1. The monoisotopic (exact) mass is 431 g/mol. The van der Waals surface area contributed by atoms with Crippen LogP contribution in [-0.2, 0) is 0 Å². The molecule has 2 heteroatoms. The zero-order chi connectivity index (χ0) is 38.7. The Bertz CT molecular complexity index is 2530. The van der Waals surface area contributed by atoms with Gasteiger partial charge in [-0.25, -0.2) is 0 Å². The van der Waals surface area contributed by atoms with Crippen molar-refractivity contribution in [1.82, 2.24) is 0 Å². The molecule has 0 aliphatic heterocycles. The van der Waals surface area contributed by atoms with Crippen molar-refractivity contribution in [2.24, 2.45) is 0 Å². The molecule has 0 amide bonds. The van der Waals surface area contributed by atoms with Gasteiger partial charge in [-0.05, 0) is 64.6 Å². The number of fused-ring (bicyclic) bond motifs is 3. The lowest BCUT2D eigenvalue weighted by Crippen LogP contribution is -1.90. The molecule has 0 bridgehead atoms. The Labute approximate surface area is 214 Å². The highest BCUT2D eigenvalue weighted by atomic mass is 16.3. The molecule has 1 aromatic heterocycles. The highest BCUT2D eigenvalue weighted by Crippen LogP contribution is 2.33. The van der Waals surface area contributed by atoms with Gasteiger partial charge in [0.15, 0.2) is 0 Å². The van der Waals surface area contributed by atoms with Crippen LogP contribution in [-0.4, -0.2) is 0 Å². The lowest BCUT2D eigenvalue weighted by atomic mass is 10.0. The first-order chi connectivity index (χ1) is 24.2. The lowest BCUT2D eigenvalue weighted by molar-refractivity contribution is 0.669. The van der Waals surface area contributed by atoms with E-state index in [1.54, 1.807) is 0 Å². The number of hydrogen-bond acceptors (Lipinski definition) is 2. The van der Waals surface area contributed by atoms with Gasteiger partial charge in [-0.15, -0.1) is 0 Å². The summed E-state index contributed by atoms with van der Waals surface area (Å²) in [7, 11) is 0. The molecule has 0 radical (unpaired) electrons. The molecule has 0 saturated heterocycles. The maximum Gasteiger partial charge on any atom is 0.135 e. The second-order valence-corrected chi connectivity index (χ2v) is 6.39. The standard InChI is InChI=1S/C30H21NO/c1-2-6-21(7-3-1)22-10-15-25(16-11-22)31-26-17-12-23(13-18-26)24-14-19-30-28(20-24)27-8-4-5-9-29(27)32-30/h1-20,31H/i1D,2D,3D,4D,5D,6D,7D,8D,9D,10D,11D,12D,13D,14D,15D,16D,17D,18D,19D,20D.